The highest BCUT2D eigenvalue weighted by Crippen LogP contribution is 2.21. The van der Waals surface area contributed by atoms with E-state index in [1.807, 2.05) is 0 Å². The average molecular weight is 231 g/mol. The van der Waals surface area contributed by atoms with Gasteiger partial charge >= 0.3 is 0 Å². The zero-order chi connectivity index (χ0) is 8.55. The molecule has 0 amide bonds. The summed E-state index contributed by atoms with van der Waals surface area (Å²) in [6.45, 7) is 0.842. The van der Waals surface area contributed by atoms with E-state index in [9.17, 15) is 4.39 Å². The molecule has 1 atom stereocenters. The van der Waals surface area contributed by atoms with Crippen LogP contribution in [0.25, 0.3) is 0 Å². The summed E-state index contributed by atoms with van der Waals surface area (Å²) in [7, 11) is 0. The summed E-state index contributed by atoms with van der Waals surface area (Å²) in [4.78, 5) is 0. The van der Waals surface area contributed by atoms with Gasteiger partial charge < -0.3 is 4.74 Å². The highest BCUT2D eigenvalue weighted by Gasteiger charge is 2.22. The third-order valence-corrected chi connectivity index (χ3v) is 2.46. The van der Waals surface area contributed by atoms with Crippen molar-refractivity contribution >= 4 is 15.9 Å². The van der Waals surface area contributed by atoms with Gasteiger partial charge in [0.1, 0.15) is 5.82 Å². The van der Waals surface area contributed by atoms with Crippen molar-refractivity contribution in [1.82, 2.24) is 0 Å². The molecule has 1 saturated heterocycles. The quantitative estimate of drug-likeness (QED) is 0.712. The highest BCUT2D eigenvalue weighted by molar-refractivity contribution is 9.10. The van der Waals surface area contributed by atoms with Crippen molar-refractivity contribution in [2.24, 2.45) is 0 Å². The molecule has 1 aliphatic rings. The molecule has 1 heterocycles. The third-order valence-electron chi connectivity index (χ3n) is 1.85. The summed E-state index contributed by atoms with van der Waals surface area (Å²) in [6.07, 6.45) is 1.25. The molecule has 3 heteroatoms. The minimum Gasteiger partial charge on any atom is -0.373 e. The maximum absolute atomic E-state index is 12.8. The van der Waals surface area contributed by atoms with Crippen LogP contribution in [0.2, 0.25) is 0 Å². The molecule has 0 spiro atoms. The number of epoxide rings is 1. The van der Waals surface area contributed by atoms with Crippen LogP contribution in [0.1, 0.15) is 5.56 Å². The largest absolute Gasteiger partial charge is 0.373 e. The molecule has 2 rings (SSSR count). The summed E-state index contributed by atoms with van der Waals surface area (Å²) in [6, 6.07) is 5.07. The van der Waals surface area contributed by atoms with Gasteiger partial charge in [0, 0.05) is 6.42 Å². The van der Waals surface area contributed by atoms with Gasteiger partial charge in [-0.1, -0.05) is 6.07 Å². The Labute approximate surface area is 78.7 Å². The van der Waals surface area contributed by atoms with Crippen LogP contribution in [-0.4, -0.2) is 12.7 Å². The van der Waals surface area contributed by atoms with E-state index in [1.54, 1.807) is 12.1 Å². The van der Waals surface area contributed by atoms with Crippen molar-refractivity contribution in [2.45, 2.75) is 12.5 Å². The van der Waals surface area contributed by atoms with E-state index in [1.165, 1.54) is 6.07 Å². The van der Waals surface area contributed by atoms with Crippen molar-refractivity contribution in [2.75, 3.05) is 6.61 Å². The van der Waals surface area contributed by atoms with Gasteiger partial charge in [-0.3, -0.25) is 0 Å². The molecular weight excluding hydrogens is 223 g/mol. The molecule has 1 unspecified atom stereocenters. The molecule has 0 N–H and O–H groups in total. The SMILES string of the molecule is Fc1ccc(CC2CO2)cc1Br. The minimum atomic E-state index is -0.213. The van der Waals surface area contributed by atoms with E-state index < -0.39 is 0 Å². The molecule has 1 nitrogen and oxygen atoms in total. The fourth-order valence-electron chi connectivity index (χ4n) is 1.12. The first-order chi connectivity index (χ1) is 5.75. The molecule has 0 aromatic heterocycles. The Morgan fingerprint density at radius 1 is 1.58 bits per heavy atom. The lowest BCUT2D eigenvalue weighted by molar-refractivity contribution is 0.407. The summed E-state index contributed by atoms with van der Waals surface area (Å²) in [5, 5.41) is 0. The molecule has 0 bridgehead atoms. The second kappa shape index (κ2) is 3.15. The van der Waals surface area contributed by atoms with Crippen LogP contribution in [0, 0.1) is 5.82 Å². The van der Waals surface area contributed by atoms with Crippen LogP contribution < -0.4 is 0 Å². The van der Waals surface area contributed by atoms with Crippen molar-refractivity contribution < 1.29 is 9.13 Å². The van der Waals surface area contributed by atoms with E-state index >= 15 is 0 Å². The van der Waals surface area contributed by atoms with E-state index in [4.69, 9.17) is 4.74 Å². The van der Waals surface area contributed by atoms with Gasteiger partial charge in [0.25, 0.3) is 0 Å². The van der Waals surface area contributed by atoms with Gasteiger partial charge in [-0.15, -0.1) is 0 Å². The summed E-state index contributed by atoms with van der Waals surface area (Å²) < 4.78 is 18.4. The topological polar surface area (TPSA) is 12.5 Å². The Balaban J connectivity index is 2.15. The second-order valence-electron chi connectivity index (χ2n) is 2.91. The molecule has 0 aliphatic carbocycles. The first-order valence-corrected chi connectivity index (χ1v) is 4.60. The zero-order valence-electron chi connectivity index (χ0n) is 6.39. The smallest absolute Gasteiger partial charge is 0.137 e. The predicted octanol–water partition coefficient (Wildman–Crippen LogP) is 2.53. The zero-order valence-corrected chi connectivity index (χ0v) is 7.97. The molecule has 0 saturated carbocycles. The maximum Gasteiger partial charge on any atom is 0.137 e. The second-order valence-corrected chi connectivity index (χ2v) is 3.76. The van der Waals surface area contributed by atoms with E-state index in [-0.39, 0.29) is 5.82 Å². The molecular formula is C9H8BrFO. The van der Waals surface area contributed by atoms with Crippen molar-refractivity contribution in [1.29, 1.82) is 0 Å². The van der Waals surface area contributed by atoms with Crippen molar-refractivity contribution in [3.63, 3.8) is 0 Å². The van der Waals surface area contributed by atoms with Gasteiger partial charge in [0.15, 0.2) is 0 Å². The minimum absolute atomic E-state index is 0.213. The molecule has 1 fully saturated rings. The predicted molar refractivity (Wildman–Crippen MR) is 47.5 cm³/mol. The van der Waals surface area contributed by atoms with Crippen LogP contribution in [0.15, 0.2) is 22.7 Å². The number of halogens is 2. The monoisotopic (exact) mass is 230 g/mol. The van der Waals surface area contributed by atoms with E-state index in [0.717, 1.165) is 18.6 Å². The van der Waals surface area contributed by atoms with Crippen LogP contribution in [0.4, 0.5) is 4.39 Å². The lowest BCUT2D eigenvalue weighted by atomic mass is 10.1. The van der Waals surface area contributed by atoms with Crippen LogP contribution in [0.3, 0.4) is 0 Å². The number of ether oxygens (including phenoxy) is 1. The lowest BCUT2D eigenvalue weighted by Crippen LogP contribution is -1.93. The molecule has 1 aromatic carbocycles. The molecule has 12 heavy (non-hydrogen) atoms. The van der Waals surface area contributed by atoms with Gasteiger partial charge in [-0.25, -0.2) is 4.39 Å². The normalized spacial score (nSPS) is 21.0. The number of hydrogen-bond donors (Lipinski definition) is 0. The number of benzene rings is 1. The highest BCUT2D eigenvalue weighted by atomic mass is 79.9. The fourth-order valence-corrected chi connectivity index (χ4v) is 1.54. The number of hydrogen-bond acceptors (Lipinski definition) is 1. The van der Waals surface area contributed by atoms with E-state index in [2.05, 4.69) is 15.9 Å². The van der Waals surface area contributed by atoms with Crippen LogP contribution in [0.5, 0.6) is 0 Å². The van der Waals surface area contributed by atoms with Crippen LogP contribution >= 0.6 is 15.9 Å². The van der Waals surface area contributed by atoms with Gasteiger partial charge in [-0.05, 0) is 33.6 Å². The first kappa shape index (κ1) is 8.20. The van der Waals surface area contributed by atoms with Gasteiger partial charge in [0.05, 0.1) is 17.2 Å². The third kappa shape index (κ3) is 1.84. The fraction of sp³-hybridized carbons (Fsp3) is 0.333. The van der Waals surface area contributed by atoms with E-state index in [0.29, 0.717) is 10.6 Å². The summed E-state index contributed by atoms with van der Waals surface area (Å²) in [5.41, 5.74) is 1.12. The van der Waals surface area contributed by atoms with Crippen molar-refractivity contribution in [3.8, 4) is 0 Å². The summed E-state index contributed by atoms with van der Waals surface area (Å²) >= 11 is 3.14. The Bertz CT molecular complexity index is 297. The van der Waals surface area contributed by atoms with Crippen molar-refractivity contribution in [3.05, 3.63) is 34.1 Å². The summed E-state index contributed by atoms with van der Waals surface area (Å²) in [5.74, 6) is -0.213. The molecule has 64 valence electrons. The van der Waals surface area contributed by atoms with Gasteiger partial charge in [-0.2, -0.15) is 0 Å². The Morgan fingerprint density at radius 2 is 2.33 bits per heavy atom. The molecule has 1 aliphatic heterocycles. The number of rotatable bonds is 2. The standard InChI is InChI=1S/C9H8BrFO/c10-8-4-6(1-2-9(8)11)3-7-5-12-7/h1-2,4,7H,3,5H2. The van der Waals surface area contributed by atoms with Crippen LogP contribution in [-0.2, 0) is 11.2 Å². The first-order valence-electron chi connectivity index (χ1n) is 3.81. The average Bonchev–Trinajstić information content (AvgIpc) is 2.81. The Morgan fingerprint density at radius 3 is 2.92 bits per heavy atom. The maximum atomic E-state index is 12.8. The van der Waals surface area contributed by atoms with Gasteiger partial charge in [0.2, 0.25) is 0 Å². The molecule has 0 radical (unpaired) electrons. The Hall–Kier alpha value is -0.410. The lowest BCUT2D eigenvalue weighted by Gasteiger charge is -1.99. The molecule has 1 aromatic rings. The Kier molecular flexibility index (Phi) is 2.15.